The minimum atomic E-state index is -3.26. The molecule has 1 spiro atoms. The minimum absolute atomic E-state index is 0.0807. The molecular weight excluding hydrogens is 450 g/mol. The van der Waals surface area contributed by atoms with Crippen LogP contribution in [0.4, 0.5) is 0 Å². The van der Waals surface area contributed by atoms with E-state index in [1.165, 1.54) is 12.1 Å². The fraction of sp³-hybridized carbons (Fsp3) is 0.391. The van der Waals surface area contributed by atoms with Gasteiger partial charge >= 0.3 is 5.97 Å². The van der Waals surface area contributed by atoms with Crippen molar-refractivity contribution in [2.75, 3.05) is 12.0 Å². The molecule has 2 aliphatic rings. The number of aliphatic carboxylic acids is 1. The second-order valence-corrected chi connectivity index (χ2v) is 11.6. The summed E-state index contributed by atoms with van der Waals surface area (Å²) < 4.78 is 29.3. The highest BCUT2D eigenvalue weighted by Crippen LogP contribution is 2.50. The second kappa shape index (κ2) is 8.78. The normalized spacial score (nSPS) is 25.6. The number of amides is 1. The van der Waals surface area contributed by atoms with Gasteiger partial charge in [0.1, 0.15) is 11.8 Å². The quantitative estimate of drug-likeness (QED) is 0.707. The Kier molecular flexibility index (Phi) is 6.22. The first-order valence-electron chi connectivity index (χ1n) is 10.4. The summed E-state index contributed by atoms with van der Waals surface area (Å²) in [6.45, 7) is 0. The zero-order valence-electron chi connectivity index (χ0n) is 17.6. The Balaban J connectivity index is 1.48. The Labute approximate surface area is 191 Å². The van der Waals surface area contributed by atoms with Gasteiger partial charge < -0.3 is 14.7 Å². The second-order valence-electron chi connectivity index (χ2n) is 8.21. The molecular formula is C23H25NO6S2. The number of ether oxygens (including phenoxy) is 1. The summed E-state index contributed by atoms with van der Waals surface area (Å²) in [5.41, 5.74) is 0.491. The summed E-state index contributed by atoms with van der Waals surface area (Å²) in [5.74, 6) is -0.272. The minimum Gasteiger partial charge on any atom is -0.490 e. The Morgan fingerprint density at radius 1 is 1.06 bits per heavy atom. The molecule has 1 heterocycles. The summed E-state index contributed by atoms with van der Waals surface area (Å²) >= 11 is 1.55. The third kappa shape index (κ3) is 4.49. The Morgan fingerprint density at radius 3 is 2.25 bits per heavy atom. The first-order chi connectivity index (χ1) is 15.2. The van der Waals surface area contributed by atoms with Gasteiger partial charge in [0.25, 0.3) is 5.91 Å². The number of sulfone groups is 1. The molecule has 7 nitrogen and oxygen atoms in total. The average molecular weight is 476 g/mol. The molecule has 9 heteroatoms. The largest absolute Gasteiger partial charge is 0.490 e. The zero-order valence-corrected chi connectivity index (χ0v) is 19.3. The van der Waals surface area contributed by atoms with Crippen molar-refractivity contribution in [3.05, 3.63) is 60.2 Å². The smallest absolute Gasteiger partial charge is 0.327 e. The van der Waals surface area contributed by atoms with Crippen molar-refractivity contribution in [1.82, 2.24) is 4.90 Å². The number of carbonyl (C=O) groups excluding carboxylic acids is 1. The van der Waals surface area contributed by atoms with Crippen LogP contribution in [0.2, 0.25) is 0 Å². The molecule has 2 aromatic rings. The van der Waals surface area contributed by atoms with Crippen LogP contribution in [0.25, 0.3) is 0 Å². The van der Waals surface area contributed by atoms with Crippen molar-refractivity contribution in [2.24, 2.45) is 0 Å². The Bertz CT molecular complexity index is 1090. The summed E-state index contributed by atoms with van der Waals surface area (Å²) in [4.78, 5) is 26.4. The van der Waals surface area contributed by atoms with Gasteiger partial charge in [-0.25, -0.2) is 13.2 Å². The first-order valence-corrected chi connectivity index (χ1v) is 13.3. The molecule has 32 heavy (non-hydrogen) atoms. The van der Waals surface area contributed by atoms with E-state index in [1.807, 2.05) is 6.07 Å². The highest BCUT2D eigenvalue weighted by atomic mass is 32.2. The molecule has 2 fully saturated rings. The molecule has 1 aliphatic heterocycles. The van der Waals surface area contributed by atoms with Gasteiger partial charge in [0, 0.05) is 17.6 Å². The van der Waals surface area contributed by atoms with Crippen LogP contribution in [-0.2, 0) is 14.6 Å². The van der Waals surface area contributed by atoms with E-state index < -0.39 is 26.7 Å². The van der Waals surface area contributed by atoms with Crippen LogP contribution in [0.15, 0.2) is 59.5 Å². The Morgan fingerprint density at radius 2 is 1.69 bits per heavy atom. The number of thioether (sulfide) groups is 1. The van der Waals surface area contributed by atoms with Crippen LogP contribution in [0.1, 0.15) is 36.0 Å². The molecule has 1 amide bonds. The van der Waals surface area contributed by atoms with Crippen molar-refractivity contribution >= 4 is 33.5 Å². The fourth-order valence-electron chi connectivity index (χ4n) is 4.39. The Hall–Kier alpha value is -2.52. The summed E-state index contributed by atoms with van der Waals surface area (Å²) in [5, 5.41) is 9.75. The molecule has 1 N–H and O–H groups in total. The van der Waals surface area contributed by atoms with E-state index in [4.69, 9.17) is 4.74 Å². The van der Waals surface area contributed by atoms with Gasteiger partial charge in [-0.2, -0.15) is 0 Å². The fourth-order valence-corrected chi connectivity index (χ4v) is 6.66. The third-order valence-electron chi connectivity index (χ3n) is 6.05. The van der Waals surface area contributed by atoms with Crippen LogP contribution in [-0.4, -0.2) is 59.3 Å². The molecule has 1 saturated heterocycles. The highest BCUT2D eigenvalue weighted by molar-refractivity contribution is 8.01. The van der Waals surface area contributed by atoms with E-state index in [-0.39, 0.29) is 16.9 Å². The lowest BCUT2D eigenvalue weighted by atomic mass is 9.89. The van der Waals surface area contributed by atoms with Gasteiger partial charge in [0.2, 0.25) is 0 Å². The van der Waals surface area contributed by atoms with E-state index >= 15 is 0 Å². The number of hydrogen-bond acceptors (Lipinski definition) is 6. The molecule has 1 aliphatic carbocycles. The molecule has 4 rings (SSSR count). The van der Waals surface area contributed by atoms with Crippen molar-refractivity contribution in [3.8, 4) is 5.75 Å². The lowest BCUT2D eigenvalue weighted by Gasteiger charge is -2.43. The summed E-state index contributed by atoms with van der Waals surface area (Å²) in [6, 6.07) is 14.3. The molecule has 1 unspecified atom stereocenters. The number of carbonyl (C=O) groups is 2. The molecule has 0 bridgehead atoms. The first kappa shape index (κ1) is 22.7. The monoisotopic (exact) mass is 475 g/mol. The SMILES string of the molecule is CS(=O)(=O)c1ccc(OC2CCC3(CC2)SCC(C(=O)O)N3C(=O)c2ccccc2)cc1. The number of benzene rings is 2. The number of nitrogens with zero attached hydrogens (tertiary/aromatic N) is 1. The molecule has 0 aromatic heterocycles. The van der Waals surface area contributed by atoms with E-state index in [2.05, 4.69) is 0 Å². The van der Waals surface area contributed by atoms with Gasteiger partial charge in [0.05, 0.1) is 15.9 Å². The molecule has 170 valence electrons. The maximum Gasteiger partial charge on any atom is 0.327 e. The van der Waals surface area contributed by atoms with E-state index in [0.717, 1.165) is 6.26 Å². The topological polar surface area (TPSA) is 101 Å². The van der Waals surface area contributed by atoms with Crippen LogP contribution in [0.3, 0.4) is 0 Å². The third-order valence-corrected chi connectivity index (χ3v) is 8.81. The van der Waals surface area contributed by atoms with Gasteiger partial charge in [-0.15, -0.1) is 11.8 Å². The van der Waals surface area contributed by atoms with Crippen LogP contribution in [0, 0.1) is 0 Å². The molecule has 0 radical (unpaired) electrons. The lowest BCUT2D eigenvalue weighted by Crippen LogP contribution is -2.54. The summed E-state index contributed by atoms with van der Waals surface area (Å²) in [6.07, 6.45) is 3.69. The van der Waals surface area contributed by atoms with Crippen LogP contribution in [0.5, 0.6) is 5.75 Å². The maximum atomic E-state index is 13.3. The van der Waals surface area contributed by atoms with Crippen LogP contribution >= 0.6 is 11.8 Å². The predicted molar refractivity (Wildman–Crippen MR) is 122 cm³/mol. The number of hydrogen-bond donors (Lipinski definition) is 1. The van der Waals surface area contributed by atoms with Crippen molar-refractivity contribution in [2.45, 2.75) is 47.6 Å². The molecule has 1 atom stereocenters. The van der Waals surface area contributed by atoms with Crippen molar-refractivity contribution in [1.29, 1.82) is 0 Å². The van der Waals surface area contributed by atoms with E-state index in [1.54, 1.807) is 53.1 Å². The standard InChI is InChI=1S/C23H25NO6S2/c1-32(28,29)19-9-7-17(8-10-19)30-18-11-13-23(14-12-18)24(20(15-31-23)22(26)27)21(25)16-5-3-2-4-6-16/h2-10,18,20H,11-15H2,1H3,(H,26,27). The predicted octanol–water partition coefficient (Wildman–Crippen LogP) is 3.45. The van der Waals surface area contributed by atoms with Gasteiger partial charge in [0.15, 0.2) is 9.84 Å². The lowest BCUT2D eigenvalue weighted by molar-refractivity contribution is -0.142. The zero-order chi connectivity index (χ0) is 22.9. The van der Waals surface area contributed by atoms with Gasteiger partial charge in [-0.1, -0.05) is 18.2 Å². The van der Waals surface area contributed by atoms with Crippen molar-refractivity contribution < 1.29 is 27.9 Å². The average Bonchev–Trinajstić information content (AvgIpc) is 3.14. The number of carboxylic acids is 1. The molecule has 1 saturated carbocycles. The van der Waals surface area contributed by atoms with E-state index in [9.17, 15) is 23.1 Å². The maximum absolute atomic E-state index is 13.3. The van der Waals surface area contributed by atoms with E-state index in [0.29, 0.717) is 42.7 Å². The van der Waals surface area contributed by atoms with Crippen LogP contribution < -0.4 is 4.74 Å². The van der Waals surface area contributed by atoms with Crippen molar-refractivity contribution in [3.63, 3.8) is 0 Å². The number of carboxylic acid groups (broad SMARTS) is 1. The number of rotatable bonds is 5. The summed E-state index contributed by atoms with van der Waals surface area (Å²) in [7, 11) is -3.26. The van der Waals surface area contributed by atoms with Gasteiger partial charge in [-0.3, -0.25) is 4.79 Å². The molecule has 2 aromatic carbocycles. The highest BCUT2D eigenvalue weighted by Gasteiger charge is 2.53. The van der Waals surface area contributed by atoms with Gasteiger partial charge in [-0.05, 0) is 62.1 Å².